The van der Waals surface area contributed by atoms with Crippen molar-refractivity contribution in [3.8, 4) is 5.75 Å². The van der Waals surface area contributed by atoms with E-state index in [1.165, 1.54) is 0 Å². The molecule has 3 heteroatoms. The molecule has 1 rings (SSSR count). The first-order valence-electron chi connectivity index (χ1n) is 2.25. The normalized spacial score (nSPS) is 8.00. The van der Waals surface area contributed by atoms with E-state index in [0.29, 0.717) is 0 Å². The van der Waals surface area contributed by atoms with Crippen molar-refractivity contribution in [1.82, 2.24) is 0 Å². The van der Waals surface area contributed by atoms with Crippen LogP contribution in [0.1, 0.15) is 0 Å². The van der Waals surface area contributed by atoms with E-state index in [0.717, 1.165) is 4.90 Å². The maximum atomic E-state index is 8.71. The van der Waals surface area contributed by atoms with Gasteiger partial charge in [-0.15, -0.1) is 0 Å². The Bertz CT molecular complexity index is 152. The second-order valence-electron chi connectivity index (χ2n) is 1.49. The maximum Gasteiger partial charge on any atom is 1.00 e. The van der Waals surface area contributed by atoms with Crippen molar-refractivity contribution in [1.29, 1.82) is 0 Å². The predicted molar refractivity (Wildman–Crippen MR) is 33.7 cm³/mol. The molecule has 0 aliphatic carbocycles. The number of aromatic hydroxyl groups is 1. The van der Waals surface area contributed by atoms with Crippen LogP contribution >= 0.6 is 0 Å². The summed E-state index contributed by atoms with van der Waals surface area (Å²) in [5.74, 6) is 0.263. The van der Waals surface area contributed by atoms with Gasteiger partial charge in [0.1, 0.15) is 5.75 Å². The van der Waals surface area contributed by atoms with E-state index in [1.807, 2.05) is 0 Å². The molecule has 0 fully saturated rings. The fourth-order valence-electron chi connectivity index (χ4n) is 0.446. The average molecular weight is 164 g/mol. The van der Waals surface area contributed by atoms with Crippen molar-refractivity contribution >= 4 is 12.6 Å². The molecule has 1 nitrogen and oxygen atoms in total. The number of phenolic OH excluding ortho intramolecular Hbond substituents is 1. The molecule has 0 atom stereocenters. The molecule has 1 N–H and O–H groups in total. The predicted octanol–water partition coefficient (Wildman–Crippen LogP) is -1.70. The Morgan fingerprint density at radius 1 is 1.11 bits per heavy atom. The van der Waals surface area contributed by atoms with E-state index in [1.54, 1.807) is 24.3 Å². The molecule has 0 saturated carbocycles. The second-order valence-corrected chi connectivity index (χ2v) is 1.97. The summed E-state index contributed by atoms with van der Waals surface area (Å²) in [5, 5.41) is 8.71. The third-order valence-electron chi connectivity index (χ3n) is 0.837. The molecular weight excluding hydrogens is 159 g/mol. The summed E-state index contributed by atoms with van der Waals surface area (Å²) >= 11 is 4.76. The topological polar surface area (TPSA) is 20.2 Å². The second kappa shape index (κ2) is 4.65. The van der Waals surface area contributed by atoms with Crippen molar-refractivity contribution in [2.75, 3.05) is 0 Å². The van der Waals surface area contributed by atoms with Crippen LogP contribution in [0.15, 0.2) is 29.2 Å². The Morgan fingerprint density at radius 3 is 1.89 bits per heavy atom. The first kappa shape index (κ1) is 9.88. The molecule has 0 aliphatic rings. The Kier molecular flexibility index (Phi) is 5.11. The summed E-state index contributed by atoms with van der Waals surface area (Å²) in [5.41, 5.74) is 0. The summed E-state index contributed by atoms with van der Waals surface area (Å²) in [7, 11) is 0. The van der Waals surface area contributed by atoms with Gasteiger partial charge in [-0.25, -0.2) is 0 Å². The number of phenols is 1. The van der Waals surface area contributed by atoms with Crippen LogP contribution in [0.5, 0.6) is 5.75 Å². The zero-order valence-corrected chi connectivity index (χ0v) is 9.10. The van der Waals surface area contributed by atoms with Crippen molar-refractivity contribution < 1.29 is 56.5 Å². The summed E-state index contributed by atoms with van der Waals surface area (Å²) in [4.78, 5) is 0.753. The third-order valence-corrected chi connectivity index (χ3v) is 1.11. The fraction of sp³-hybridized carbons (Fsp3) is 0. The Hall–Kier alpha value is 0.876. The van der Waals surface area contributed by atoms with Crippen LogP contribution in [0.3, 0.4) is 0 Å². The molecule has 0 bridgehead atoms. The number of rotatable bonds is 0. The van der Waals surface area contributed by atoms with Gasteiger partial charge in [0.05, 0.1) is 0 Å². The monoisotopic (exact) mass is 164 g/mol. The van der Waals surface area contributed by atoms with Crippen LogP contribution < -0.4 is 51.4 Å². The first-order valence-corrected chi connectivity index (χ1v) is 2.66. The van der Waals surface area contributed by atoms with Crippen LogP contribution in [0.25, 0.3) is 0 Å². The third kappa shape index (κ3) is 3.55. The first-order chi connectivity index (χ1) is 3.79. The van der Waals surface area contributed by atoms with Crippen molar-refractivity contribution in [2.45, 2.75) is 4.90 Å². The van der Waals surface area contributed by atoms with E-state index in [4.69, 9.17) is 17.7 Å². The van der Waals surface area contributed by atoms with Gasteiger partial charge >= 0.3 is 51.4 Å². The number of benzene rings is 1. The van der Waals surface area contributed by atoms with Gasteiger partial charge in [-0.3, -0.25) is 0 Å². The van der Waals surface area contributed by atoms with Gasteiger partial charge in [-0.2, -0.15) is 4.90 Å². The zero-order valence-electron chi connectivity index (χ0n) is 5.16. The van der Waals surface area contributed by atoms with E-state index >= 15 is 0 Å². The number of hydrogen-bond acceptors (Lipinski definition) is 2. The van der Waals surface area contributed by atoms with E-state index in [2.05, 4.69) is 0 Å². The Balaban J connectivity index is 0.000000640. The molecule has 0 radical (unpaired) electrons. The van der Waals surface area contributed by atoms with Gasteiger partial charge in [0, 0.05) is 0 Å². The largest absolute Gasteiger partial charge is 1.00 e. The van der Waals surface area contributed by atoms with Gasteiger partial charge in [0.25, 0.3) is 0 Å². The molecule has 0 amide bonds. The molecule has 0 aliphatic heterocycles. The minimum absolute atomic E-state index is 0. The molecule has 0 saturated heterocycles. The van der Waals surface area contributed by atoms with Crippen LogP contribution in [-0.2, 0) is 12.6 Å². The Morgan fingerprint density at radius 2 is 1.56 bits per heavy atom. The van der Waals surface area contributed by atoms with Gasteiger partial charge in [-0.1, -0.05) is 12.1 Å². The maximum absolute atomic E-state index is 8.71. The van der Waals surface area contributed by atoms with Crippen molar-refractivity contribution in [2.24, 2.45) is 0 Å². The molecule has 1 aromatic rings. The van der Waals surface area contributed by atoms with Gasteiger partial charge in [-0.05, 0) is 12.1 Å². The van der Waals surface area contributed by atoms with E-state index < -0.39 is 0 Å². The molecule has 0 unspecified atom stereocenters. The van der Waals surface area contributed by atoms with Crippen LogP contribution in [0, 0.1) is 0 Å². The van der Waals surface area contributed by atoms with Crippen LogP contribution in [-0.4, -0.2) is 5.11 Å². The molecule has 0 aromatic heterocycles. The molecule has 9 heavy (non-hydrogen) atoms. The molecule has 0 spiro atoms. The SMILES string of the molecule is Oc1ccc([S-])cc1.[K+]. The van der Waals surface area contributed by atoms with Gasteiger partial charge < -0.3 is 17.7 Å². The molecular formula is C6H5KOS. The smallest absolute Gasteiger partial charge is 0.780 e. The summed E-state index contributed by atoms with van der Waals surface area (Å²) < 4.78 is 0. The van der Waals surface area contributed by atoms with Crippen molar-refractivity contribution in [3.05, 3.63) is 24.3 Å². The van der Waals surface area contributed by atoms with Crippen LogP contribution in [0.4, 0.5) is 0 Å². The zero-order chi connectivity index (χ0) is 5.98. The van der Waals surface area contributed by atoms with Gasteiger partial charge in [0.2, 0.25) is 0 Å². The Labute approximate surface area is 102 Å². The summed E-state index contributed by atoms with van der Waals surface area (Å²) in [6, 6.07) is 6.51. The minimum Gasteiger partial charge on any atom is -0.780 e. The fourth-order valence-corrected chi connectivity index (χ4v) is 0.582. The summed E-state index contributed by atoms with van der Waals surface area (Å²) in [6.45, 7) is 0. The molecule has 1 aromatic carbocycles. The average Bonchev–Trinajstić information content (AvgIpc) is 1.77. The van der Waals surface area contributed by atoms with E-state index in [9.17, 15) is 0 Å². The van der Waals surface area contributed by atoms with E-state index in [-0.39, 0.29) is 57.1 Å². The molecule has 42 valence electrons. The number of hydrogen-bond donors (Lipinski definition) is 1. The van der Waals surface area contributed by atoms with Crippen LogP contribution in [0.2, 0.25) is 0 Å². The molecule has 0 heterocycles. The quantitative estimate of drug-likeness (QED) is 0.364. The van der Waals surface area contributed by atoms with Crippen molar-refractivity contribution in [3.63, 3.8) is 0 Å². The standard InChI is InChI=1S/C6H6OS.K/c7-5-1-3-6(8)4-2-5;/h1-4,7-8H;/q;+1/p-1. The minimum atomic E-state index is 0. The van der Waals surface area contributed by atoms with Gasteiger partial charge in [0.15, 0.2) is 0 Å². The summed E-state index contributed by atoms with van der Waals surface area (Å²) in [6.07, 6.45) is 0.